The molecule has 0 aromatic heterocycles. The second kappa shape index (κ2) is 6.21. The predicted molar refractivity (Wildman–Crippen MR) is 64.0 cm³/mol. The molecule has 1 fully saturated rings. The summed E-state index contributed by atoms with van der Waals surface area (Å²) in [6, 6.07) is -0.348. The first-order chi connectivity index (χ1) is 7.56. The van der Waals surface area contributed by atoms with Crippen molar-refractivity contribution in [1.82, 2.24) is 5.32 Å². The number of carbonyl (C=O) groups is 1. The number of amides is 1. The van der Waals surface area contributed by atoms with Crippen molar-refractivity contribution in [3.8, 4) is 0 Å². The SMILES string of the molecule is CC[C@H](C)[C@H](N)C(=O)NC(C)C1CCCO1. The van der Waals surface area contributed by atoms with E-state index >= 15 is 0 Å². The van der Waals surface area contributed by atoms with Gasteiger partial charge in [-0.05, 0) is 25.7 Å². The Morgan fingerprint density at radius 2 is 2.25 bits per heavy atom. The van der Waals surface area contributed by atoms with Gasteiger partial charge in [-0.15, -0.1) is 0 Å². The zero-order chi connectivity index (χ0) is 12.1. The molecule has 0 saturated carbocycles. The van der Waals surface area contributed by atoms with Crippen LogP contribution in [-0.4, -0.2) is 30.7 Å². The Hall–Kier alpha value is -0.610. The summed E-state index contributed by atoms with van der Waals surface area (Å²) in [5, 5.41) is 2.95. The molecule has 4 atom stereocenters. The zero-order valence-electron chi connectivity index (χ0n) is 10.5. The molecule has 1 heterocycles. The predicted octanol–water partition coefficient (Wildman–Crippen LogP) is 1.04. The lowest BCUT2D eigenvalue weighted by atomic mass is 9.99. The summed E-state index contributed by atoms with van der Waals surface area (Å²) >= 11 is 0. The molecular weight excluding hydrogens is 204 g/mol. The number of ether oxygens (including phenoxy) is 1. The summed E-state index contributed by atoms with van der Waals surface area (Å²) in [6.07, 6.45) is 3.19. The van der Waals surface area contributed by atoms with E-state index in [4.69, 9.17) is 10.5 Å². The van der Waals surface area contributed by atoms with Crippen LogP contribution >= 0.6 is 0 Å². The molecule has 0 spiro atoms. The van der Waals surface area contributed by atoms with E-state index in [2.05, 4.69) is 5.32 Å². The Labute approximate surface area is 97.9 Å². The summed E-state index contributed by atoms with van der Waals surface area (Å²) in [5.41, 5.74) is 5.87. The fourth-order valence-electron chi connectivity index (χ4n) is 1.92. The lowest BCUT2D eigenvalue weighted by Gasteiger charge is -2.24. The van der Waals surface area contributed by atoms with Gasteiger partial charge in [0.2, 0.25) is 5.91 Å². The minimum Gasteiger partial charge on any atom is -0.376 e. The molecule has 0 aliphatic carbocycles. The van der Waals surface area contributed by atoms with Gasteiger partial charge in [0.25, 0.3) is 0 Å². The van der Waals surface area contributed by atoms with Crippen LogP contribution in [0, 0.1) is 5.92 Å². The van der Waals surface area contributed by atoms with Gasteiger partial charge >= 0.3 is 0 Å². The molecule has 0 aromatic carbocycles. The average molecular weight is 228 g/mol. The summed E-state index contributed by atoms with van der Waals surface area (Å²) in [5.74, 6) is 0.161. The first-order valence-corrected chi connectivity index (χ1v) is 6.23. The molecule has 1 saturated heterocycles. The van der Waals surface area contributed by atoms with E-state index in [1.54, 1.807) is 0 Å². The van der Waals surface area contributed by atoms with Gasteiger partial charge in [0.05, 0.1) is 18.2 Å². The van der Waals surface area contributed by atoms with E-state index in [1.807, 2.05) is 20.8 Å². The van der Waals surface area contributed by atoms with Crippen LogP contribution in [0.5, 0.6) is 0 Å². The van der Waals surface area contributed by atoms with Crippen LogP contribution in [0.25, 0.3) is 0 Å². The summed E-state index contributed by atoms with van der Waals surface area (Å²) in [6.45, 7) is 6.84. The maximum atomic E-state index is 11.8. The third-order valence-electron chi connectivity index (χ3n) is 3.45. The Morgan fingerprint density at radius 3 is 2.75 bits per heavy atom. The molecule has 0 radical (unpaired) electrons. The van der Waals surface area contributed by atoms with Crippen molar-refractivity contribution in [2.75, 3.05) is 6.61 Å². The van der Waals surface area contributed by atoms with Gasteiger partial charge in [0.1, 0.15) is 0 Å². The number of nitrogens with one attached hydrogen (secondary N) is 1. The molecular formula is C12H24N2O2. The van der Waals surface area contributed by atoms with Crippen LogP contribution in [0.15, 0.2) is 0 Å². The fraction of sp³-hybridized carbons (Fsp3) is 0.917. The second-order valence-corrected chi connectivity index (χ2v) is 4.76. The van der Waals surface area contributed by atoms with Crippen LogP contribution in [0.4, 0.5) is 0 Å². The maximum Gasteiger partial charge on any atom is 0.237 e. The van der Waals surface area contributed by atoms with Gasteiger partial charge in [-0.1, -0.05) is 20.3 Å². The van der Waals surface area contributed by atoms with E-state index < -0.39 is 6.04 Å². The van der Waals surface area contributed by atoms with Gasteiger partial charge in [-0.2, -0.15) is 0 Å². The van der Waals surface area contributed by atoms with Crippen LogP contribution in [-0.2, 0) is 9.53 Å². The lowest BCUT2D eigenvalue weighted by Crippen LogP contribution is -2.50. The molecule has 94 valence electrons. The third kappa shape index (κ3) is 3.46. The maximum absolute atomic E-state index is 11.8. The summed E-state index contributed by atoms with van der Waals surface area (Å²) in [7, 11) is 0. The van der Waals surface area contributed by atoms with Crippen molar-refractivity contribution in [2.45, 2.75) is 58.2 Å². The first-order valence-electron chi connectivity index (χ1n) is 6.23. The molecule has 1 aliphatic rings. The molecule has 4 heteroatoms. The monoisotopic (exact) mass is 228 g/mol. The fourth-order valence-corrected chi connectivity index (χ4v) is 1.92. The molecule has 0 aromatic rings. The number of rotatable bonds is 5. The van der Waals surface area contributed by atoms with Gasteiger partial charge in [-0.25, -0.2) is 0 Å². The van der Waals surface area contributed by atoms with Crippen molar-refractivity contribution in [2.24, 2.45) is 11.7 Å². The Kier molecular flexibility index (Phi) is 5.22. The highest BCUT2D eigenvalue weighted by molar-refractivity contribution is 5.82. The molecule has 0 bridgehead atoms. The highest BCUT2D eigenvalue weighted by atomic mass is 16.5. The molecule has 1 aliphatic heterocycles. The minimum absolute atomic E-state index is 0.0580. The number of nitrogens with two attached hydrogens (primary N) is 1. The van der Waals surface area contributed by atoms with Crippen molar-refractivity contribution in [3.05, 3.63) is 0 Å². The van der Waals surface area contributed by atoms with E-state index in [-0.39, 0.29) is 24.0 Å². The van der Waals surface area contributed by atoms with E-state index in [0.29, 0.717) is 0 Å². The van der Waals surface area contributed by atoms with E-state index in [0.717, 1.165) is 25.9 Å². The summed E-state index contributed by atoms with van der Waals surface area (Å²) in [4.78, 5) is 11.8. The van der Waals surface area contributed by atoms with Crippen LogP contribution in [0.3, 0.4) is 0 Å². The Bertz CT molecular complexity index is 227. The molecule has 3 N–H and O–H groups in total. The van der Waals surface area contributed by atoms with Gasteiger partial charge in [0, 0.05) is 6.61 Å². The number of hydrogen-bond acceptors (Lipinski definition) is 3. The highest BCUT2D eigenvalue weighted by Gasteiger charge is 2.26. The smallest absolute Gasteiger partial charge is 0.237 e. The molecule has 1 rings (SSSR count). The van der Waals surface area contributed by atoms with Crippen molar-refractivity contribution in [1.29, 1.82) is 0 Å². The van der Waals surface area contributed by atoms with Crippen LogP contribution in [0.1, 0.15) is 40.0 Å². The van der Waals surface area contributed by atoms with E-state index in [1.165, 1.54) is 0 Å². The Morgan fingerprint density at radius 1 is 1.56 bits per heavy atom. The average Bonchev–Trinajstić information content (AvgIpc) is 2.80. The number of hydrogen-bond donors (Lipinski definition) is 2. The van der Waals surface area contributed by atoms with Crippen molar-refractivity contribution < 1.29 is 9.53 Å². The molecule has 16 heavy (non-hydrogen) atoms. The van der Waals surface area contributed by atoms with Crippen molar-refractivity contribution in [3.63, 3.8) is 0 Å². The quantitative estimate of drug-likeness (QED) is 0.739. The highest BCUT2D eigenvalue weighted by Crippen LogP contribution is 2.15. The third-order valence-corrected chi connectivity index (χ3v) is 3.45. The Balaban J connectivity index is 2.37. The first kappa shape index (κ1) is 13.5. The largest absolute Gasteiger partial charge is 0.376 e. The molecule has 1 amide bonds. The van der Waals surface area contributed by atoms with Crippen LogP contribution < -0.4 is 11.1 Å². The lowest BCUT2D eigenvalue weighted by molar-refractivity contribution is -0.124. The molecule has 2 unspecified atom stereocenters. The van der Waals surface area contributed by atoms with Gasteiger partial charge in [0.15, 0.2) is 0 Å². The normalized spacial score (nSPS) is 26.1. The summed E-state index contributed by atoms with van der Waals surface area (Å²) < 4.78 is 5.53. The standard InChI is InChI=1S/C12H24N2O2/c1-4-8(2)11(13)12(15)14-9(3)10-6-5-7-16-10/h8-11H,4-7,13H2,1-3H3,(H,14,15)/t8-,9?,10?,11-/m0/s1. The van der Waals surface area contributed by atoms with E-state index in [9.17, 15) is 4.79 Å². The zero-order valence-corrected chi connectivity index (χ0v) is 10.5. The van der Waals surface area contributed by atoms with Gasteiger partial charge < -0.3 is 15.8 Å². The topological polar surface area (TPSA) is 64.4 Å². The molecule has 4 nitrogen and oxygen atoms in total. The van der Waals surface area contributed by atoms with Crippen molar-refractivity contribution >= 4 is 5.91 Å². The second-order valence-electron chi connectivity index (χ2n) is 4.76. The minimum atomic E-state index is -0.408. The number of carbonyl (C=O) groups excluding carboxylic acids is 1. The van der Waals surface area contributed by atoms with Crippen LogP contribution in [0.2, 0.25) is 0 Å². The van der Waals surface area contributed by atoms with Gasteiger partial charge in [-0.3, -0.25) is 4.79 Å².